The van der Waals surface area contributed by atoms with Crippen LogP contribution in [0.2, 0.25) is 0 Å². The molecule has 1 N–H and O–H groups in total. The lowest BCUT2D eigenvalue weighted by atomic mass is 10.1. The molecule has 0 aliphatic heterocycles. The van der Waals surface area contributed by atoms with Crippen molar-refractivity contribution in [3.8, 4) is 0 Å². The molecule has 106 valence electrons. The Balaban J connectivity index is 1.56. The van der Waals surface area contributed by atoms with E-state index in [9.17, 15) is 0 Å². The number of aryl methyl sites for hydroxylation is 2. The molecule has 0 radical (unpaired) electrons. The minimum Gasteiger partial charge on any atom is -0.382 e. The highest BCUT2D eigenvalue weighted by atomic mass is 16.5. The van der Waals surface area contributed by atoms with E-state index in [0.717, 1.165) is 26.1 Å². The number of hydrogen-bond donors (Lipinski definition) is 1. The highest BCUT2D eigenvalue weighted by Crippen LogP contribution is 2.22. The van der Waals surface area contributed by atoms with E-state index in [2.05, 4.69) is 23.5 Å². The molecule has 0 saturated heterocycles. The molecule has 0 atom stereocenters. The second-order valence-corrected chi connectivity index (χ2v) is 5.09. The zero-order chi connectivity index (χ0) is 13.3. The van der Waals surface area contributed by atoms with Crippen LogP contribution in [0.3, 0.4) is 0 Å². The predicted octanol–water partition coefficient (Wildman–Crippen LogP) is 2.32. The SMILES string of the molecule is COCCOCCCNCc1ccc2c(c1)CCC2. The van der Waals surface area contributed by atoms with Gasteiger partial charge in [0.05, 0.1) is 13.2 Å². The van der Waals surface area contributed by atoms with Crippen LogP contribution in [-0.2, 0) is 28.9 Å². The van der Waals surface area contributed by atoms with Gasteiger partial charge in [0, 0.05) is 20.3 Å². The average Bonchev–Trinajstić information content (AvgIpc) is 2.89. The van der Waals surface area contributed by atoms with Crippen LogP contribution in [-0.4, -0.2) is 33.5 Å². The molecule has 1 aromatic carbocycles. The third-order valence-electron chi connectivity index (χ3n) is 3.57. The molecule has 2 rings (SSSR count). The monoisotopic (exact) mass is 263 g/mol. The Kier molecular flexibility index (Phi) is 6.34. The van der Waals surface area contributed by atoms with Crippen molar-refractivity contribution in [2.75, 3.05) is 33.5 Å². The van der Waals surface area contributed by atoms with E-state index in [1.165, 1.54) is 24.8 Å². The summed E-state index contributed by atoms with van der Waals surface area (Å²) in [5.41, 5.74) is 4.51. The molecule has 0 unspecified atom stereocenters. The van der Waals surface area contributed by atoms with Crippen molar-refractivity contribution in [1.82, 2.24) is 5.32 Å². The maximum atomic E-state index is 5.42. The van der Waals surface area contributed by atoms with E-state index in [0.29, 0.717) is 13.2 Å². The molecule has 0 bridgehead atoms. The minimum atomic E-state index is 0.683. The molecule has 0 amide bonds. The Bertz CT molecular complexity index is 379. The van der Waals surface area contributed by atoms with Gasteiger partial charge in [-0.2, -0.15) is 0 Å². The first-order valence-electron chi connectivity index (χ1n) is 7.28. The molecule has 0 heterocycles. The van der Waals surface area contributed by atoms with Gasteiger partial charge in [-0.1, -0.05) is 18.2 Å². The number of methoxy groups -OCH3 is 1. The summed E-state index contributed by atoms with van der Waals surface area (Å²) in [5.74, 6) is 0. The van der Waals surface area contributed by atoms with Gasteiger partial charge < -0.3 is 14.8 Å². The molecule has 3 heteroatoms. The van der Waals surface area contributed by atoms with Gasteiger partial charge in [-0.3, -0.25) is 0 Å². The van der Waals surface area contributed by atoms with Crippen LogP contribution in [0.5, 0.6) is 0 Å². The van der Waals surface area contributed by atoms with Crippen LogP contribution in [0.1, 0.15) is 29.5 Å². The van der Waals surface area contributed by atoms with Crippen LogP contribution >= 0.6 is 0 Å². The largest absolute Gasteiger partial charge is 0.382 e. The van der Waals surface area contributed by atoms with Crippen LogP contribution < -0.4 is 5.32 Å². The summed E-state index contributed by atoms with van der Waals surface area (Å²) in [7, 11) is 1.70. The van der Waals surface area contributed by atoms with Gasteiger partial charge in [0.15, 0.2) is 0 Å². The van der Waals surface area contributed by atoms with Gasteiger partial charge >= 0.3 is 0 Å². The lowest BCUT2D eigenvalue weighted by Crippen LogP contribution is -2.17. The lowest BCUT2D eigenvalue weighted by molar-refractivity contribution is 0.0695. The minimum absolute atomic E-state index is 0.683. The first kappa shape index (κ1) is 14.5. The Morgan fingerprint density at radius 2 is 2.00 bits per heavy atom. The summed E-state index contributed by atoms with van der Waals surface area (Å²) in [6.07, 6.45) is 4.90. The van der Waals surface area contributed by atoms with E-state index in [1.54, 1.807) is 18.2 Å². The molecule has 3 nitrogen and oxygen atoms in total. The predicted molar refractivity (Wildman–Crippen MR) is 77.5 cm³/mol. The first-order valence-corrected chi connectivity index (χ1v) is 7.28. The third-order valence-corrected chi connectivity index (χ3v) is 3.57. The van der Waals surface area contributed by atoms with E-state index in [4.69, 9.17) is 9.47 Å². The quantitative estimate of drug-likeness (QED) is 0.694. The highest BCUT2D eigenvalue weighted by molar-refractivity contribution is 5.35. The summed E-state index contributed by atoms with van der Waals surface area (Å²) in [4.78, 5) is 0. The Hall–Kier alpha value is -0.900. The number of rotatable bonds is 9. The Labute approximate surface area is 116 Å². The smallest absolute Gasteiger partial charge is 0.0700 e. The lowest BCUT2D eigenvalue weighted by Gasteiger charge is -2.07. The number of nitrogens with one attached hydrogen (secondary N) is 1. The fraction of sp³-hybridized carbons (Fsp3) is 0.625. The van der Waals surface area contributed by atoms with Crippen molar-refractivity contribution in [3.63, 3.8) is 0 Å². The zero-order valence-corrected chi connectivity index (χ0v) is 11.9. The molecule has 0 spiro atoms. The topological polar surface area (TPSA) is 30.5 Å². The van der Waals surface area contributed by atoms with Crippen LogP contribution in [0, 0.1) is 0 Å². The molecule has 0 saturated carbocycles. The van der Waals surface area contributed by atoms with Gasteiger partial charge in [0.2, 0.25) is 0 Å². The third kappa shape index (κ3) is 4.94. The van der Waals surface area contributed by atoms with E-state index >= 15 is 0 Å². The van der Waals surface area contributed by atoms with Crippen molar-refractivity contribution in [3.05, 3.63) is 34.9 Å². The molecule has 1 aliphatic carbocycles. The summed E-state index contributed by atoms with van der Waals surface area (Å²) < 4.78 is 10.3. The second kappa shape index (κ2) is 8.31. The first-order chi connectivity index (χ1) is 9.40. The summed E-state index contributed by atoms with van der Waals surface area (Å²) >= 11 is 0. The van der Waals surface area contributed by atoms with Gasteiger partial charge in [-0.05, 0) is 48.9 Å². The van der Waals surface area contributed by atoms with Crippen LogP contribution in [0.15, 0.2) is 18.2 Å². The fourth-order valence-corrected chi connectivity index (χ4v) is 2.51. The summed E-state index contributed by atoms with van der Waals surface area (Å²) in [6, 6.07) is 6.92. The molecular weight excluding hydrogens is 238 g/mol. The van der Waals surface area contributed by atoms with Gasteiger partial charge in [-0.15, -0.1) is 0 Å². The Morgan fingerprint density at radius 3 is 2.89 bits per heavy atom. The standard InChI is InChI=1S/C16H25NO2/c1-18-10-11-19-9-3-8-17-13-14-6-7-15-4-2-5-16(15)12-14/h6-7,12,17H,2-5,8-11,13H2,1H3. The number of hydrogen-bond acceptors (Lipinski definition) is 3. The highest BCUT2D eigenvalue weighted by Gasteiger charge is 2.10. The van der Waals surface area contributed by atoms with Gasteiger partial charge in [-0.25, -0.2) is 0 Å². The maximum Gasteiger partial charge on any atom is 0.0700 e. The van der Waals surface area contributed by atoms with E-state index in [1.807, 2.05) is 0 Å². The second-order valence-electron chi connectivity index (χ2n) is 5.09. The number of fused-ring (bicyclic) bond motifs is 1. The summed E-state index contributed by atoms with van der Waals surface area (Å²) in [6.45, 7) is 4.15. The van der Waals surface area contributed by atoms with Crippen LogP contribution in [0.4, 0.5) is 0 Å². The zero-order valence-electron chi connectivity index (χ0n) is 11.9. The van der Waals surface area contributed by atoms with Crippen molar-refractivity contribution < 1.29 is 9.47 Å². The molecule has 1 aromatic rings. The van der Waals surface area contributed by atoms with Crippen molar-refractivity contribution in [2.45, 2.75) is 32.2 Å². The molecule has 19 heavy (non-hydrogen) atoms. The molecule has 1 aliphatic rings. The maximum absolute atomic E-state index is 5.42. The number of ether oxygens (including phenoxy) is 2. The van der Waals surface area contributed by atoms with Gasteiger partial charge in [0.25, 0.3) is 0 Å². The Morgan fingerprint density at radius 1 is 1.11 bits per heavy atom. The van der Waals surface area contributed by atoms with Crippen molar-refractivity contribution >= 4 is 0 Å². The van der Waals surface area contributed by atoms with Crippen molar-refractivity contribution in [1.29, 1.82) is 0 Å². The fourth-order valence-electron chi connectivity index (χ4n) is 2.51. The molecular formula is C16H25NO2. The van der Waals surface area contributed by atoms with E-state index in [-0.39, 0.29) is 0 Å². The summed E-state index contributed by atoms with van der Waals surface area (Å²) in [5, 5.41) is 3.47. The molecule has 0 fully saturated rings. The van der Waals surface area contributed by atoms with E-state index < -0.39 is 0 Å². The molecule has 0 aromatic heterocycles. The number of benzene rings is 1. The van der Waals surface area contributed by atoms with Crippen molar-refractivity contribution in [2.24, 2.45) is 0 Å². The van der Waals surface area contributed by atoms with Gasteiger partial charge in [0.1, 0.15) is 0 Å². The average molecular weight is 263 g/mol. The van der Waals surface area contributed by atoms with Crippen LogP contribution in [0.25, 0.3) is 0 Å². The normalized spacial score (nSPS) is 13.7.